The van der Waals surface area contributed by atoms with Gasteiger partial charge in [0.2, 0.25) is 5.95 Å². The standard InChI is InChI=1S/C16H23N5O2/c1-3-6-21-10-14(12(2)20-21)15-4-5-17-16(19-15)18-9-13-11-22-7-8-23-13/h4-5,10,13H,3,6-9,11H2,1-2H3,(H,17,18,19). The van der Waals surface area contributed by atoms with Gasteiger partial charge in [0.1, 0.15) is 0 Å². The lowest BCUT2D eigenvalue weighted by atomic mass is 10.2. The molecule has 1 atom stereocenters. The van der Waals surface area contributed by atoms with Gasteiger partial charge in [-0.25, -0.2) is 9.97 Å². The summed E-state index contributed by atoms with van der Waals surface area (Å²) in [4.78, 5) is 8.87. The predicted octanol–water partition coefficient (Wildman–Crippen LogP) is 1.89. The Hall–Kier alpha value is -1.99. The van der Waals surface area contributed by atoms with E-state index in [1.165, 1.54) is 0 Å². The van der Waals surface area contributed by atoms with Gasteiger partial charge in [0.15, 0.2) is 0 Å². The van der Waals surface area contributed by atoms with Crippen LogP contribution in [0.25, 0.3) is 11.3 Å². The topological polar surface area (TPSA) is 74.1 Å². The fourth-order valence-electron chi connectivity index (χ4n) is 2.57. The number of aromatic nitrogens is 4. The molecular formula is C16H23N5O2. The van der Waals surface area contributed by atoms with Gasteiger partial charge in [0.25, 0.3) is 0 Å². The molecule has 7 nitrogen and oxygen atoms in total. The van der Waals surface area contributed by atoms with E-state index in [-0.39, 0.29) is 6.10 Å². The minimum Gasteiger partial charge on any atom is -0.376 e. The molecule has 0 aliphatic carbocycles. The van der Waals surface area contributed by atoms with Crippen molar-refractivity contribution in [2.75, 3.05) is 31.7 Å². The number of nitrogens with one attached hydrogen (secondary N) is 1. The van der Waals surface area contributed by atoms with Gasteiger partial charge >= 0.3 is 0 Å². The number of rotatable bonds is 6. The fourth-order valence-corrected chi connectivity index (χ4v) is 2.57. The lowest BCUT2D eigenvalue weighted by Gasteiger charge is -2.23. The van der Waals surface area contributed by atoms with Gasteiger partial charge in [-0.15, -0.1) is 0 Å². The third-order valence-corrected chi connectivity index (χ3v) is 3.70. The molecule has 3 rings (SSSR count). The molecule has 2 aromatic heterocycles. The number of nitrogens with zero attached hydrogens (tertiary/aromatic N) is 4. The first-order chi connectivity index (χ1) is 11.3. The molecule has 2 aromatic rings. The molecule has 0 saturated carbocycles. The van der Waals surface area contributed by atoms with Crippen LogP contribution in [0.3, 0.4) is 0 Å². The van der Waals surface area contributed by atoms with E-state index < -0.39 is 0 Å². The van der Waals surface area contributed by atoms with Crippen molar-refractivity contribution in [2.24, 2.45) is 0 Å². The first kappa shape index (κ1) is 15.9. The highest BCUT2D eigenvalue weighted by molar-refractivity contribution is 5.61. The SMILES string of the molecule is CCCn1cc(-c2ccnc(NCC3COCCO3)n2)c(C)n1. The van der Waals surface area contributed by atoms with Crippen LogP contribution in [0.5, 0.6) is 0 Å². The molecular weight excluding hydrogens is 294 g/mol. The highest BCUT2D eigenvalue weighted by Gasteiger charge is 2.15. The van der Waals surface area contributed by atoms with E-state index in [0.29, 0.717) is 32.3 Å². The van der Waals surface area contributed by atoms with Crippen molar-refractivity contribution in [3.05, 3.63) is 24.2 Å². The van der Waals surface area contributed by atoms with Crippen LogP contribution < -0.4 is 5.32 Å². The van der Waals surface area contributed by atoms with Crippen molar-refractivity contribution in [3.8, 4) is 11.3 Å². The zero-order valence-corrected chi connectivity index (χ0v) is 13.7. The second-order valence-electron chi connectivity index (χ2n) is 5.61. The Labute approximate surface area is 136 Å². The summed E-state index contributed by atoms with van der Waals surface area (Å²) in [5.74, 6) is 0.597. The zero-order chi connectivity index (χ0) is 16.1. The third-order valence-electron chi connectivity index (χ3n) is 3.70. The molecule has 0 spiro atoms. The van der Waals surface area contributed by atoms with Gasteiger partial charge in [-0.2, -0.15) is 5.10 Å². The summed E-state index contributed by atoms with van der Waals surface area (Å²) in [5.41, 5.74) is 2.90. The van der Waals surface area contributed by atoms with Gasteiger partial charge in [0, 0.05) is 31.0 Å². The van der Waals surface area contributed by atoms with E-state index in [9.17, 15) is 0 Å². The molecule has 1 saturated heterocycles. The normalized spacial score (nSPS) is 18.1. The molecule has 7 heteroatoms. The van der Waals surface area contributed by atoms with Crippen LogP contribution in [-0.4, -0.2) is 52.2 Å². The Bertz CT molecular complexity index is 637. The van der Waals surface area contributed by atoms with Crippen molar-refractivity contribution >= 4 is 5.95 Å². The van der Waals surface area contributed by atoms with E-state index in [1.807, 2.05) is 23.9 Å². The van der Waals surface area contributed by atoms with E-state index in [2.05, 4.69) is 27.3 Å². The molecule has 1 aliphatic heterocycles. The Morgan fingerprint density at radius 1 is 1.39 bits per heavy atom. The van der Waals surface area contributed by atoms with Gasteiger partial charge in [0.05, 0.1) is 37.3 Å². The van der Waals surface area contributed by atoms with Crippen LogP contribution in [0.1, 0.15) is 19.0 Å². The quantitative estimate of drug-likeness (QED) is 0.877. The molecule has 0 aromatic carbocycles. The predicted molar refractivity (Wildman–Crippen MR) is 87.3 cm³/mol. The lowest BCUT2D eigenvalue weighted by molar-refractivity contribution is -0.0819. The summed E-state index contributed by atoms with van der Waals surface area (Å²) < 4.78 is 13.0. The molecule has 124 valence electrons. The third kappa shape index (κ3) is 4.05. The number of ether oxygens (including phenoxy) is 2. The molecule has 1 aliphatic rings. The second-order valence-corrected chi connectivity index (χ2v) is 5.61. The Morgan fingerprint density at radius 3 is 3.09 bits per heavy atom. The van der Waals surface area contributed by atoms with E-state index in [1.54, 1.807) is 6.20 Å². The van der Waals surface area contributed by atoms with Gasteiger partial charge in [-0.05, 0) is 19.4 Å². The molecule has 0 bridgehead atoms. The summed E-state index contributed by atoms with van der Waals surface area (Å²) in [6.07, 6.45) is 4.91. The van der Waals surface area contributed by atoms with E-state index in [4.69, 9.17) is 9.47 Å². The number of aryl methyl sites for hydroxylation is 2. The number of hydrogen-bond acceptors (Lipinski definition) is 6. The molecule has 3 heterocycles. The average molecular weight is 317 g/mol. The summed E-state index contributed by atoms with van der Waals surface area (Å²) >= 11 is 0. The van der Waals surface area contributed by atoms with Crippen molar-refractivity contribution in [1.82, 2.24) is 19.7 Å². The summed E-state index contributed by atoms with van der Waals surface area (Å²) in [5, 5.41) is 7.75. The maximum absolute atomic E-state index is 5.61. The van der Waals surface area contributed by atoms with Gasteiger partial charge < -0.3 is 14.8 Å². The summed E-state index contributed by atoms with van der Waals surface area (Å²) in [6, 6.07) is 1.91. The number of anilines is 1. The minimum atomic E-state index is 0.0463. The van der Waals surface area contributed by atoms with Crippen molar-refractivity contribution in [1.29, 1.82) is 0 Å². The summed E-state index contributed by atoms with van der Waals surface area (Å²) in [6.45, 7) is 7.61. The zero-order valence-electron chi connectivity index (χ0n) is 13.7. The highest BCUT2D eigenvalue weighted by atomic mass is 16.6. The molecule has 1 N–H and O–H groups in total. The summed E-state index contributed by atoms with van der Waals surface area (Å²) in [7, 11) is 0. The van der Waals surface area contributed by atoms with Crippen molar-refractivity contribution in [2.45, 2.75) is 32.9 Å². The van der Waals surface area contributed by atoms with Crippen LogP contribution in [0.2, 0.25) is 0 Å². The maximum Gasteiger partial charge on any atom is 0.223 e. The van der Waals surface area contributed by atoms with Gasteiger partial charge in [-0.1, -0.05) is 6.92 Å². The second kappa shape index (κ2) is 7.52. The van der Waals surface area contributed by atoms with Crippen molar-refractivity contribution < 1.29 is 9.47 Å². The molecule has 1 fully saturated rings. The lowest BCUT2D eigenvalue weighted by Crippen LogP contribution is -2.34. The fraction of sp³-hybridized carbons (Fsp3) is 0.562. The molecule has 0 amide bonds. The Balaban J connectivity index is 1.69. The monoisotopic (exact) mass is 317 g/mol. The van der Waals surface area contributed by atoms with Crippen LogP contribution in [0.4, 0.5) is 5.95 Å². The molecule has 0 radical (unpaired) electrons. The Morgan fingerprint density at radius 2 is 2.30 bits per heavy atom. The highest BCUT2D eigenvalue weighted by Crippen LogP contribution is 2.21. The minimum absolute atomic E-state index is 0.0463. The smallest absolute Gasteiger partial charge is 0.223 e. The van der Waals surface area contributed by atoms with Crippen LogP contribution >= 0.6 is 0 Å². The molecule has 23 heavy (non-hydrogen) atoms. The van der Waals surface area contributed by atoms with Gasteiger partial charge in [-0.3, -0.25) is 4.68 Å². The van der Waals surface area contributed by atoms with Crippen LogP contribution in [0.15, 0.2) is 18.5 Å². The largest absolute Gasteiger partial charge is 0.376 e. The first-order valence-corrected chi connectivity index (χ1v) is 8.07. The van der Waals surface area contributed by atoms with Crippen LogP contribution in [0, 0.1) is 6.92 Å². The van der Waals surface area contributed by atoms with Crippen molar-refractivity contribution in [3.63, 3.8) is 0 Å². The van der Waals surface area contributed by atoms with E-state index >= 15 is 0 Å². The Kier molecular flexibility index (Phi) is 5.19. The van der Waals surface area contributed by atoms with E-state index in [0.717, 1.165) is 29.9 Å². The first-order valence-electron chi connectivity index (χ1n) is 8.07. The number of hydrogen-bond donors (Lipinski definition) is 1. The van der Waals surface area contributed by atoms with Crippen LogP contribution in [-0.2, 0) is 16.0 Å². The average Bonchev–Trinajstić information content (AvgIpc) is 2.95. The molecule has 1 unspecified atom stereocenters. The maximum atomic E-state index is 5.61.